The third kappa shape index (κ3) is 47.6. The molecule has 0 saturated heterocycles. The fraction of sp³-hybridized carbons (Fsp3) is 1.00. The average molecular weight is 84.2 g/mol. The average Bonchev–Trinajstić information content (AvgIpc) is 1.00. The number of halogens is 1. The number of alkyl halides is 1. The number of hydrogen-bond acceptors (Lipinski definition) is 0. The van der Waals surface area contributed by atoms with Crippen molar-refractivity contribution in [3.63, 3.8) is 0 Å². The largest absolute Gasteiger partial charge is 0.255 e. The molecule has 0 radical (unpaired) electrons. The summed E-state index contributed by atoms with van der Waals surface area (Å²) in [7, 11) is 0.500. The summed E-state index contributed by atoms with van der Waals surface area (Å²) in [5.41, 5.74) is 0. The molecule has 0 heterocycles. The van der Waals surface area contributed by atoms with E-state index in [0.29, 0.717) is 7.18 Å². The molecule has 4 heavy (non-hydrogen) atoms. The summed E-state index contributed by atoms with van der Waals surface area (Å²) in [6, 6.07) is 0. The van der Waals surface area contributed by atoms with E-state index in [9.17, 15) is 4.39 Å². The minimum atomic E-state index is 0. The summed E-state index contributed by atoms with van der Waals surface area (Å²) >= 11 is 0. The number of hydrogen-bond donors (Lipinski definition) is 0. The zero-order chi connectivity index (χ0) is 2.00. The van der Waals surface area contributed by atoms with E-state index < -0.39 is 0 Å². The van der Waals surface area contributed by atoms with Gasteiger partial charge in [0.1, 0.15) is 0 Å². The van der Waals surface area contributed by atoms with E-state index in [-0.39, 0.29) is 20.9 Å². The quantitative estimate of drug-likeness (QED) is 0.415. The van der Waals surface area contributed by atoms with E-state index >= 15 is 0 Å². The fourth-order valence-corrected chi connectivity index (χ4v) is 0. The topological polar surface area (TPSA) is 0 Å². The Balaban J connectivity index is -0.00000000500. The van der Waals surface area contributed by atoms with E-state index in [2.05, 4.69) is 0 Å². The lowest BCUT2D eigenvalue weighted by Crippen LogP contribution is -0.939. The fourth-order valence-electron chi connectivity index (χ4n) is 0. The monoisotopic (exact) mass is 84.0 g/mol. The highest BCUT2D eigenvalue weighted by Gasteiger charge is 0.926. The summed E-state index contributed by atoms with van der Waals surface area (Å²) < 4.78 is 9.50. The lowest BCUT2D eigenvalue weighted by molar-refractivity contribution is 0.636. The molecule has 0 aliphatic carbocycles. The molecule has 0 aromatic carbocycles. The maximum atomic E-state index is 9.50. The van der Waals surface area contributed by atoms with E-state index in [4.69, 9.17) is 0 Å². The van der Waals surface area contributed by atoms with Crippen molar-refractivity contribution in [2.24, 2.45) is 0 Å². The maximum Gasteiger partial charge on any atom is 0.0785 e. The molecular formula is C2H9FS. The Bertz CT molecular complexity index is 6.00. The molecule has 0 rings (SSSR count). The van der Waals surface area contributed by atoms with Crippen molar-refractivity contribution < 1.29 is 4.39 Å². The van der Waals surface area contributed by atoms with Crippen molar-refractivity contribution in [2.45, 2.75) is 7.43 Å². The summed E-state index contributed by atoms with van der Waals surface area (Å²) in [5.74, 6) is 0. The highest BCUT2D eigenvalue weighted by Crippen LogP contribution is 1.16. The SMILES string of the molecule is C.CF.S. The molecule has 0 unspecified atom stereocenters. The molecule has 0 atom stereocenters. The summed E-state index contributed by atoms with van der Waals surface area (Å²) in [4.78, 5) is 0. The van der Waals surface area contributed by atoms with Crippen LogP contribution in [0.2, 0.25) is 0 Å². The van der Waals surface area contributed by atoms with Gasteiger partial charge in [-0.05, 0) is 0 Å². The van der Waals surface area contributed by atoms with Crippen LogP contribution in [0.1, 0.15) is 7.43 Å². The lowest BCUT2D eigenvalue weighted by Gasteiger charge is -1.10. The lowest BCUT2D eigenvalue weighted by atomic mass is 11.9. The van der Waals surface area contributed by atoms with Crippen molar-refractivity contribution >= 4 is 13.5 Å². The van der Waals surface area contributed by atoms with E-state index in [1.54, 1.807) is 0 Å². The molecule has 0 aromatic heterocycles. The Kier molecular flexibility index (Phi) is 1530. The maximum absolute atomic E-state index is 9.50. The van der Waals surface area contributed by atoms with Crippen LogP contribution in [0.15, 0.2) is 0 Å². The Morgan fingerprint density at radius 3 is 1.25 bits per heavy atom. The predicted molar refractivity (Wildman–Crippen MR) is 24.1 cm³/mol. The molecule has 0 N–H and O–H groups in total. The molecule has 0 bridgehead atoms. The standard InChI is InChI=1S/CH3F.CH4.H2S/c1-2;;/h1H3;1H4;1H2. The van der Waals surface area contributed by atoms with Gasteiger partial charge in [0, 0.05) is 0 Å². The van der Waals surface area contributed by atoms with Gasteiger partial charge in [0.25, 0.3) is 0 Å². The summed E-state index contributed by atoms with van der Waals surface area (Å²) in [6.07, 6.45) is 0. The Hall–Kier alpha value is 0.280. The molecule has 30 valence electrons. The Labute approximate surface area is 33.5 Å². The minimum Gasteiger partial charge on any atom is -0.255 e. The van der Waals surface area contributed by atoms with Gasteiger partial charge in [0.15, 0.2) is 0 Å². The first-order valence-corrected chi connectivity index (χ1v) is 0.378. The van der Waals surface area contributed by atoms with Gasteiger partial charge in [-0.3, -0.25) is 4.39 Å². The highest BCUT2D eigenvalue weighted by molar-refractivity contribution is 7.59. The summed E-state index contributed by atoms with van der Waals surface area (Å²) in [5, 5.41) is 0. The van der Waals surface area contributed by atoms with Crippen molar-refractivity contribution in [1.82, 2.24) is 0 Å². The molecule has 0 fully saturated rings. The van der Waals surface area contributed by atoms with Crippen molar-refractivity contribution in [3.8, 4) is 0 Å². The minimum absolute atomic E-state index is 0. The molecule has 0 aliphatic heterocycles. The van der Waals surface area contributed by atoms with E-state index in [1.807, 2.05) is 0 Å². The first-order valence-electron chi connectivity index (χ1n) is 0.378. The second-order valence-corrected chi connectivity index (χ2v) is 0. The van der Waals surface area contributed by atoms with Gasteiger partial charge < -0.3 is 0 Å². The van der Waals surface area contributed by atoms with Gasteiger partial charge >= 0.3 is 0 Å². The normalized spacial score (nSPS) is 1.50. The summed E-state index contributed by atoms with van der Waals surface area (Å²) in [6.45, 7) is 0. The third-order valence-electron chi connectivity index (χ3n) is 0. The van der Waals surface area contributed by atoms with E-state index in [0.717, 1.165) is 0 Å². The van der Waals surface area contributed by atoms with Crippen molar-refractivity contribution in [3.05, 3.63) is 0 Å². The number of rotatable bonds is 0. The smallest absolute Gasteiger partial charge is 0.0785 e. The molecular weight excluding hydrogens is 75.1 g/mol. The molecule has 0 nitrogen and oxygen atoms in total. The van der Waals surface area contributed by atoms with Crippen LogP contribution in [0.25, 0.3) is 0 Å². The van der Waals surface area contributed by atoms with E-state index in [1.165, 1.54) is 0 Å². The highest BCUT2D eigenvalue weighted by atomic mass is 32.1. The van der Waals surface area contributed by atoms with Gasteiger partial charge in [-0.25, -0.2) is 0 Å². The molecule has 0 spiro atoms. The van der Waals surface area contributed by atoms with Crippen LogP contribution in [0.3, 0.4) is 0 Å². The van der Waals surface area contributed by atoms with Crippen LogP contribution in [0, 0.1) is 0 Å². The predicted octanol–water partition coefficient (Wildman–Crippen LogP) is 1.33. The zero-order valence-electron chi connectivity index (χ0n) is 1.88. The third-order valence-corrected chi connectivity index (χ3v) is 0. The molecule has 2 heteroatoms. The first-order chi connectivity index (χ1) is 1.00. The second kappa shape index (κ2) is 217. The molecule has 0 amide bonds. The molecule has 0 saturated carbocycles. The Morgan fingerprint density at radius 1 is 1.25 bits per heavy atom. The van der Waals surface area contributed by atoms with Gasteiger partial charge in [0.05, 0.1) is 7.18 Å². The van der Waals surface area contributed by atoms with Crippen molar-refractivity contribution in [2.75, 3.05) is 7.18 Å². The molecule has 0 aliphatic rings. The van der Waals surface area contributed by atoms with Crippen LogP contribution in [0.5, 0.6) is 0 Å². The zero-order valence-corrected chi connectivity index (χ0v) is 2.88. The first kappa shape index (κ1) is 28.1. The van der Waals surface area contributed by atoms with Gasteiger partial charge in [-0.2, -0.15) is 13.5 Å². The Morgan fingerprint density at radius 2 is 1.25 bits per heavy atom. The van der Waals surface area contributed by atoms with Crippen LogP contribution in [-0.2, 0) is 0 Å². The van der Waals surface area contributed by atoms with Gasteiger partial charge in [-0.15, -0.1) is 0 Å². The van der Waals surface area contributed by atoms with Crippen LogP contribution in [0.4, 0.5) is 4.39 Å². The van der Waals surface area contributed by atoms with Crippen LogP contribution >= 0.6 is 13.5 Å². The second-order valence-electron chi connectivity index (χ2n) is 0. The van der Waals surface area contributed by atoms with Gasteiger partial charge in [0.2, 0.25) is 0 Å². The molecule has 0 aromatic rings. The van der Waals surface area contributed by atoms with Crippen LogP contribution in [-0.4, -0.2) is 7.18 Å². The van der Waals surface area contributed by atoms with Crippen LogP contribution < -0.4 is 0 Å². The van der Waals surface area contributed by atoms with Crippen molar-refractivity contribution in [1.29, 1.82) is 0 Å². The van der Waals surface area contributed by atoms with Gasteiger partial charge in [-0.1, -0.05) is 7.43 Å².